The molecule has 0 heterocycles. The molecule has 0 aliphatic carbocycles. The van der Waals surface area contributed by atoms with Crippen LogP contribution < -0.4 is 5.48 Å². The van der Waals surface area contributed by atoms with Crippen LogP contribution in [-0.4, -0.2) is 11.2 Å². The Labute approximate surface area is 77.1 Å². The SMILES string of the molecule is CC(Cc1ccc(Cl)cc1)NO. The van der Waals surface area contributed by atoms with Gasteiger partial charge in [0.1, 0.15) is 0 Å². The standard InChI is InChI=1S/C9H12ClNO/c1-7(11-12)6-8-2-4-9(10)5-3-8/h2-5,7,11-12H,6H2,1H3. The molecule has 2 nitrogen and oxygen atoms in total. The van der Waals surface area contributed by atoms with Crippen LogP contribution in [0.25, 0.3) is 0 Å². The number of hydrogen-bond acceptors (Lipinski definition) is 2. The van der Waals surface area contributed by atoms with Gasteiger partial charge in [0.2, 0.25) is 0 Å². The van der Waals surface area contributed by atoms with Crippen LogP contribution in [0.3, 0.4) is 0 Å². The van der Waals surface area contributed by atoms with Crippen molar-refractivity contribution < 1.29 is 5.21 Å². The molecule has 0 aromatic heterocycles. The molecular formula is C9H12ClNO. The summed E-state index contributed by atoms with van der Waals surface area (Å²) in [5.41, 5.74) is 3.36. The van der Waals surface area contributed by atoms with Crippen LogP contribution >= 0.6 is 11.6 Å². The van der Waals surface area contributed by atoms with Crippen LogP contribution in [-0.2, 0) is 6.42 Å². The van der Waals surface area contributed by atoms with Gasteiger partial charge >= 0.3 is 0 Å². The van der Waals surface area contributed by atoms with Crippen LogP contribution in [0, 0.1) is 0 Å². The Kier molecular flexibility index (Phi) is 3.53. The molecule has 0 aliphatic heterocycles. The van der Waals surface area contributed by atoms with Crippen molar-refractivity contribution in [3.8, 4) is 0 Å². The number of hydroxylamine groups is 1. The van der Waals surface area contributed by atoms with Gasteiger partial charge in [-0.05, 0) is 31.0 Å². The summed E-state index contributed by atoms with van der Waals surface area (Å²) in [5, 5.41) is 9.31. The summed E-state index contributed by atoms with van der Waals surface area (Å²) in [6.07, 6.45) is 0.799. The molecule has 0 fully saturated rings. The largest absolute Gasteiger partial charge is 0.317 e. The number of benzene rings is 1. The van der Waals surface area contributed by atoms with Crippen LogP contribution in [0.2, 0.25) is 5.02 Å². The predicted octanol–water partition coefficient (Wildman–Crippen LogP) is 2.25. The molecule has 0 spiro atoms. The van der Waals surface area contributed by atoms with Crippen molar-refractivity contribution >= 4 is 11.6 Å². The molecule has 0 saturated heterocycles. The van der Waals surface area contributed by atoms with Crippen molar-refractivity contribution in [3.63, 3.8) is 0 Å². The molecule has 2 N–H and O–H groups in total. The highest BCUT2D eigenvalue weighted by Gasteiger charge is 2.00. The van der Waals surface area contributed by atoms with Gasteiger partial charge in [0.25, 0.3) is 0 Å². The zero-order valence-electron chi connectivity index (χ0n) is 6.92. The van der Waals surface area contributed by atoms with Gasteiger partial charge in [-0.2, -0.15) is 0 Å². The monoisotopic (exact) mass is 185 g/mol. The first kappa shape index (κ1) is 9.52. The van der Waals surface area contributed by atoms with Gasteiger partial charge in [-0.25, -0.2) is 5.48 Å². The van der Waals surface area contributed by atoms with Crippen LogP contribution in [0.4, 0.5) is 0 Å². The quantitative estimate of drug-likeness (QED) is 0.708. The van der Waals surface area contributed by atoms with Gasteiger partial charge in [0, 0.05) is 11.1 Å². The Morgan fingerprint density at radius 1 is 1.42 bits per heavy atom. The lowest BCUT2D eigenvalue weighted by molar-refractivity contribution is 0.133. The highest BCUT2D eigenvalue weighted by molar-refractivity contribution is 6.30. The topological polar surface area (TPSA) is 32.3 Å². The van der Waals surface area contributed by atoms with Crippen molar-refractivity contribution in [3.05, 3.63) is 34.9 Å². The molecule has 0 amide bonds. The first-order chi connectivity index (χ1) is 5.72. The minimum atomic E-state index is 0.0752. The molecule has 0 bridgehead atoms. The second-order valence-electron chi connectivity index (χ2n) is 2.86. The van der Waals surface area contributed by atoms with Gasteiger partial charge < -0.3 is 5.21 Å². The molecule has 0 saturated carbocycles. The Hall–Kier alpha value is -0.570. The number of hydrogen-bond donors (Lipinski definition) is 2. The molecule has 3 heteroatoms. The average molecular weight is 186 g/mol. The molecule has 1 unspecified atom stereocenters. The molecule has 12 heavy (non-hydrogen) atoms. The summed E-state index contributed by atoms with van der Waals surface area (Å²) in [6.45, 7) is 1.91. The molecular weight excluding hydrogens is 174 g/mol. The van der Waals surface area contributed by atoms with Crippen molar-refractivity contribution in [2.24, 2.45) is 0 Å². The van der Waals surface area contributed by atoms with E-state index in [4.69, 9.17) is 16.8 Å². The maximum Gasteiger partial charge on any atom is 0.0406 e. The molecule has 1 aromatic rings. The predicted molar refractivity (Wildman–Crippen MR) is 49.5 cm³/mol. The number of halogens is 1. The zero-order valence-corrected chi connectivity index (χ0v) is 7.67. The second kappa shape index (κ2) is 4.45. The summed E-state index contributed by atoms with van der Waals surface area (Å²) in [7, 11) is 0. The van der Waals surface area contributed by atoms with Gasteiger partial charge in [-0.15, -0.1) is 0 Å². The smallest absolute Gasteiger partial charge is 0.0406 e. The number of rotatable bonds is 3. The fraction of sp³-hybridized carbons (Fsp3) is 0.333. The third-order valence-electron chi connectivity index (χ3n) is 1.68. The van der Waals surface area contributed by atoms with Crippen LogP contribution in [0.1, 0.15) is 12.5 Å². The maximum atomic E-state index is 8.57. The summed E-state index contributed by atoms with van der Waals surface area (Å²) in [4.78, 5) is 0. The van der Waals surface area contributed by atoms with Gasteiger partial charge in [-0.3, -0.25) is 0 Å². The van der Waals surface area contributed by atoms with Crippen molar-refractivity contribution in [2.45, 2.75) is 19.4 Å². The van der Waals surface area contributed by atoms with E-state index in [1.54, 1.807) is 0 Å². The van der Waals surface area contributed by atoms with E-state index in [9.17, 15) is 0 Å². The van der Waals surface area contributed by atoms with E-state index < -0.39 is 0 Å². The Morgan fingerprint density at radius 3 is 2.50 bits per heavy atom. The molecule has 0 radical (unpaired) electrons. The normalized spacial score (nSPS) is 12.9. The van der Waals surface area contributed by atoms with E-state index in [1.807, 2.05) is 31.2 Å². The third-order valence-corrected chi connectivity index (χ3v) is 1.93. The van der Waals surface area contributed by atoms with Crippen molar-refractivity contribution in [1.82, 2.24) is 5.48 Å². The Morgan fingerprint density at radius 2 is 2.00 bits per heavy atom. The zero-order chi connectivity index (χ0) is 8.97. The van der Waals surface area contributed by atoms with Crippen LogP contribution in [0.15, 0.2) is 24.3 Å². The van der Waals surface area contributed by atoms with Gasteiger partial charge in [0.05, 0.1) is 0 Å². The number of nitrogens with one attached hydrogen (secondary N) is 1. The summed E-state index contributed by atoms with van der Waals surface area (Å²) in [5.74, 6) is 0. The fourth-order valence-electron chi connectivity index (χ4n) is 1.02. The molecule has 0 aliphatic rings. The first-order valence-electron chi connectivity index (χ1n) is 3.86. The maximum absolute atomic E-state index is 8.57. The molecule has 1 rings (SSSR count). The lowest BCUT2D eigenvalue weighted by Gasteiger charge is -2.08. The van der Waals surface area contributed by atoms with Crippen molar-refractivity contribution in [2.75, 3.05) is 0 Å². The van der Waals surface area contributed by atoms with E-state index in [-0.39, 0.29) is 6.04 Å². The lowest BCUT2D eigenvalue weighted by atomic mass is 10.1. The van der Waals surface area contributed by atoms with Crippen molar-refractivity contribution in [1.29, 1.82) is 0 Å². The molecule has 1 atom stereocenters. The fourth-order valence-corrected chi connectivity index (χ4v) is 1.15. The molecule has 66 valence electrons. The van der Waals surface area contributed by atoms with E-state index in [2.05, 4.69) is 5.48 Å². The van der Waals surface area contributed by atoms with E-state index in [0.717, 1.165) is 17.0 Å². The molecule has 1 aromatic carbocycles. The second-order valence-corrected chi connectivity index (χ2v) is 3.30. The lowest BCUT2D eigenvalue weighted by Crippen LogP contribution is -2.24. The first-order valence-corrected chi connectivity index (χ1v) is 4.24. The van der Waals surface area contributed by atoms with Gasteiger partial charge in [0.15, 0.2) is 0 Å². The Bertz CT molecular complexity index is 235. The highest BCUT2D eigenvalue weighted by Crippen LogP contribution is 2.10. The van der Waals surface area contributed by atoms with E-state index in [0.29, 0.717) is 0 Å². The summed E-state index contributed by atoms with van der Waals surface area (Å²) in [6, 6.07) is 7.68. The summed E-state index contributed by atoms with van der Waals surface area (Å²) >= 11 is 5.72. The minimum absolute atomic E-state index is 0.0752. The Balaban J connectivity index is 2.58. The van der Waals surface area contributed by atoms with E-state index >= 15 is 0 Å². The average Bonchev–Trinajstić information content (AvgIpc) is 2.09. The highest BCUT2D eigenvalue weighted by atomic mass is 35.5. The minimum Gasteiger partial charge on any atom is -0.317 e. The van der Waals surface area contributed by atoms with Gasteiger partial charge in [-0.1, -0.05) is 23.7 Å². The van der Waals surface area contributed by atoms with Crippen LogP contribution in [0.5, 0.6) is 0 Å². The summed E-state index contributed by atoms with van der Waals surface area (Å²) < 4.78 is 0. The third kappa shape index (κ3) is 2.81. The van der Waals surface area contributed by atoms with E-state index in [1.165, 1.54) is 0 Å².